The fourth-order valence-corrected chi connectivity index (χ4v) is 7.02. The van der Waals surface area contributed by atoms with Gasteiger partial charge >= 0.3 is 0 Å². The van der Waals surface area contributed by atoms with Crippen LogP contribution in [-0.2, 0) is 14.4 Å². The molecule has 0 unspecified atom stereocenters. The van der Waals surface area contributed by atoms with Crippen molar-refractivity contribution < 1.29 is 23.2 Å². The van der Waals surface area contributed by atoms with E-state index in [1.165, 1.54) is 0 Å². The van der Waals surface area contributed by atoms with Gasteiger partial charge in [-0.05, 0) is 48.3 Å². The fraction of sp³-hybridized carbons (Fsp3) is 0.852. The maximum absolute atomic E-state index is 13.9. The molecule has 0 aromatic rings. The minimum Gasteiger partial charge on any atom is -0.350 e. The van der Waals surface area contributed by atoms with Crippen LogP contribution in [0.3, 0.4) is 0 Å². The molecule has 2 aliphatic heterocycles. The van der Waals surface area contributed by atoms with E-state index in [-0.39, 0.29) is 65.7 Å². The van der Waals surface area contributed by atoms with E-state index in [2.05, 4.69) is 35.9 Å². The van der Waals surface area contributed by atoms with Crippen molar-refractivity contribution in [2.24, 2.45) is 28.6 Å². The molecule has 5 aliphatic rings. The molecule has 37 heavy (non-hydrogen) atoms. The summed E-state index contributed by atoms with van der Waals surface area (Å²) in [6.45, 7) is 10.3. The van der Waals surface area contributed by atoms with Crippen LogP contribution in [0.4, 0.5) is 8.78 Å². The molecule has 10 heteroatoms. The van der Waals surface area contributed by atoms with Crippen molar-refractivity contribution >= 4 is 17.7 Å². The first-order valence-electron chi connectivity index (χ1n) is 13.5. The summed E-state index contributed by atoms with van der Waals surface area (Å²) >= 11 is 0. The van der Waals surface area contributed by atoms with Gasteiger partial charge in [0.05, 0.1) is 12.1 Å². The van der Waals surface area contributed by atoms with Gasteiger partial charge in [-0.25, -0.2) is 8.78 Å². The minimum atomic E-state index is -2.70. The third kappa shape index (κ3) is 4.73. The molecule has 0 radical (unpaired) electrons. The van der Waals surface area contributed by atoms with Crippen molar-refractivity contribution in [1.29, 1.82) is 5.26 Å². The first kappa shape index (κ1) is 26.3. The molecule has 0 aromatic carbocycles. The van der Waals surface area contributed by atoms with E-state index in [0.717, 1.165) is 12.8 Å². The van der Waals surface area contributed by atoms with Gasteiger partial charge in [0.2, 0.25) is 17.7 Å². The number of halogens is 2. The van der Waals surface area contributed by atoms with Gasteiger partial charge in [0.15, 0.2) is 0 Å². The van der Waals surface area contributed by atoms with Crippen LogP contribution in [0.15, 0.2) is 0 Å². The van der Waals surface area contributed by atoms with Crippen LogP contribution in [0.2, 0.25) is 0 Å². The summed E-state index contributed by atoms with van der Waals surface area (Å²) in [7, 11) is 0. The number of rotatable bonds is 7. The van der Waals surface area contributed by atoms with Gasteiger partial charge in [0.1, 0.15) is 12.1 Å². The summed E-state index contributed by atoms with van der Waals surface area (Å²) < 4.78 is 27.0. The Morgan fingerprint density at radius 2 is 1.86 bits per heavy atom. The second-order valence-electron chi connectivity index (χ2n) is 13.9. The molecule has 3 N–H and O–H groups in total. The second-order valence-corrected chi connectivity index (χ2v) is 13.9. The Morgan fingerprint density at radius 3 is 2.38 bits per heavy atom. The zero-order valence-corrected chi connectivity index (χ0v) is 22.4. The highest BCUT2D eigenvalue weighted by molar-refractivity contribution is 5.92. The van der Waals surface area contributed by atoms with Crippen LogP contribution in [0, 0.1) is 39.9 Å². The quantitative estimate of drug-likeness (QED) is 0.478. The molecule has 5 fully saturated rings. The molecular formula is C27H39F2N5O3. The Bertz CT molecular complexity index is 1040. The van der Waals surface area contributed by atoms with E-state index in [0.29, 0.717) is 13.0 Å². The average Bonchev–Trinajstić information content (AvgIpc) is 3.48. The summed E-state index contributed by atoms with van der Waals surface area (Å²) in [5.41, 5.74) is -0.758. The number of fused-ring (bicyclic) bond motifs is 1. The summed E-state index contributed by atoms with van der Waals surface area (Å²) in [6.07, 6.45) is 2.25. The first-order valence-corrected chi connectivity index (χ1v) is 13.5. The van der Waals surface area contributed by atoms with Crippen LogP contribution in [-0.4, -0.2) is 64.8 Å². The summed E-state index contributed by atoms with van der Waals surface area (Å²) in [5.74, 6) is -3.58. The SMILES string of the molecule is CC(C)(C)[C@H](NC1CC(F)(F)C1)C(=O)N1C[C@H]2[C@@H]([C@H]1C(=O)N[C@H](C#N)C[C@@H]1CC3(CC3)NC1=O)C2(C)C. The van der Waals surface area contributed by atoms with Crippen molar-refractivity contribution in [3.8, 4) is 6.07 Å². The third-order valence-corrected chi connectivity index (χ3v) is 9.61. The highest BCUT2D eigenvalue weighted by Gasteiger charge is 2.70. The smallest absolute Gasteiger partial charge is 0.251 e. The number of nitrogens with zero attached hydrogens (tertiary/aromatic N) is 2. The lowest BCUT2D eigenvalue weighted by atomic mass is 9.81. The standard InChI is InChI=1S/C27H39F2N5O3/c1-24(2,3)20(31-16-10-27(28,29)11-16)23(37)34-13-17-18(25(17,4)5)19(34)22(36)32-15(12-30)8-14-9-26(6-7-26)33-21(14)35/h14-20,31H,6-11,13H2,1-5H3,(H,32,36)(H,33,35)/t14-,15+,17+,18+,19+,20-/m1/s1. The molecule has 2 heterocycles. The maximum atomic E-state index is 13.9. The molecular weight excluding hydrogens is 480 g/mol. The van der Waals surface area contributed by atoms with Gasteiger partial charge in [0, 0.05) is 36.9 Å². The molecule has 8 nitrogen and oxygen atoms in total. The molecule has 3 saturated carbocycles. The summed E-state index contributed by atoms with van der Waals surface area (Å²) in [5, 5.41) is 18.8. The van der Waals surface area contributed by atoms with Gasteiger partial charge in [-0.15, -0.1) is 0 Å². The number of amides is 3. The van der Waals surface area contributed by atoms with Crippen LogP contribution in [0.25, 0.3) is 0 Å². The van der Waals surface area contributed by atoms with Gasteiger partial charge in [-0.1, -0.05) is 34.6 Å². The lowest BCUT2D eigenvalue weighted by molar-refractivity contribution is -0.146. The number of alkyl halides is 2. The molecule has 204 valence electrons. The topological polar surface area (TPSA) is 114 Å². The number of nitriles is 1. The third-order valence-electron chi connectivity index (χ3n) is 9.61. The highest BCUT2D eigenvalue weighted by Crippen LogP contribution is 2.65. The van der Waals surface area contributed by atoms with Crippen LogP contribution >= 0.6 is 0 Å². The molecule has 5 rings (SSSR count). The number of nitrogens with one attached hydrogen (secondary N) is 3. The Hall–Kier alpha value is -2.28. The number of carbonyl (C=O) groups is 3. The lowest BCUT2D eigenvalue weighted by Gasteiger charge is -2.43. The lowest BCUT2D eigenvalue weighted by Crippen LogP contribution is -2.62. The van der Waals surface area contributed by atoms with Crippen molar-refractivity contribution in [3.63, 3.8) is 0 Å². The first-order chi connectivity index (χ1) is 17.1. The largest absolute Gasteiger partial charge is 0.350 e. The van der Waals surface area contributed by atoms with E-state index in [1.807, 2.05) is 20.8 Å². The molecule has 0 bridgehead atoms. The van der Waals surface area contributed by atoms with Crippen molar-refractivity contribution in [1.82, 2.24) is 20.9 Å². The zero-order valence-electron chi connectivity index (χ0n) is 22.4. The monoisotopic (exact) mass is 519 g/mol. The predicted molar refractivity (Wildman–Crippen MR) is 131 cm³/mol. The fourth-order valence-electron chi connectivity index (χ4n) is 7.02. The van der Waals surface area contributed by atoms with Crippen LogP contribution in [0.5, 0.6) is 0 Å². The Balaban J connectivity index is 1.29. The Morgan fingerprint density at radius 1 is 1.22 bits per heavy atom. The molecule has 3 aliphatic carbocycles. The van der Waals surface area contributed by atoms with E-state index in [4.69, 9.17) is 0 Å². The van der Waals surface area contributed by atoms with E-state index < -0.39 is 35.5 Å². The number of hydrogen-bond acceptors (Lipinski definition) is 5. The minimum absolute atomic E-state index is 0.0334. The zero-order chi connectivity index (χ0) is 27.1. The molecule has 2 saturated heterocycles. The van der Waals surface area contributed by atoms with E-state index >= 15 is 0 Å². The molecule has 1 spiro atoms. The summed E-state index contributed by atoms with van der Waals surface area (Å²) in [6, 6.07) is -0.579. The Labute approximate surface area is 217 Å². The van der Waals surface area contributed by atoms with Gasteiger partial charge in [-0.2, -0.15) is 5.26 Å². The molecule has 6 atom stereocenters. The molecule has 0 aromatic heterocycles. The van der Waals surface area contributed by atoms with Crippen molar-refractivity contribution in [2.75, 3.05) is 6.54 Å². The van der Waals surface area contributed by atoms with E-state index in [1.54, 1.807) is 4.90 Å². The number of carbonyl (C=O) groups excluding carboxylic acids is 3. The van der Waals surface area contributed by atoms with Gasteiger partial charge in [0.25, 0.3) is 5.92 Å². The number of likely N-dealkylation sites (tertiary alicyclic amines) is 1. The van der Waals surface area contributed by atoms with Crippen molar-refractivity contribution in [2.45, 2.75) is 109 Å². The van der Waals surface area contributed by atoms with Crippen LogP contribution < -0.4 is 16.0 Å². The number of hydrogen-bond donors (Lipinski definition) is 3. The normalized spacial score (nSPS) is 34.1. The Kier molecular flexibility index (Phi) is 5.95. The number of piperidine rings is 1. The predicted octanol–water partition coefficient (Wildman–Crippen LogP) is 2.34. The van der Waals surface area contributed by atoms with Gasteiger partial charge in [-0.3, -0.25) is 14.4 Å². The van der Waals surface area contributed by atoms with Crippen LogP contribution in [0.1, 0.15) is 73.1 Å². The molecule has 3 amide bonds. The highest BCUT2D eigenvalue weighted by atomic mass is 19.3. The van der Waals surface area contributed by atoms with Crippen molar-refractivity contribution in [3.05, 3.63) is 0 Å². The summed E-state index contributed by atoms with van der Waals surface area (Å²) in [4.78, 5) is 41.5. The van der Waals surface area contributed by atoms with E-state index in [9.17, 15) is 28.4 Å². The second kappa shape index (κ2) is 8.36. The maximum Gasteiger partial charge on any atom is 0.251 e. The van der Waals surface area contributed by atoms with Gasteiger partial charge < -0.3 is 20.9 Å². The average molecular weight is 520 g/mol.